The van der Waals surface area contributed by atoms with Crippen molar-refractivity contribution in [1.82, 2.24) is 10.2 Å². The van der Waals surface area contributed by atoms with E-state index in [-0.39, 0.29) is 16.7 Å². The summed E-state index contributed by atoms with van der Waals surface area (Å²) >= 11 is 0. The molecule has 0 spiro atoms. The molecule has 2 amide bonds. The van der Waals surface area contributed by atoms with Gasteiger partial charge in [-0.15, -0.1) is 0 Å². The van der Waals surface area contributed by atoms with Crippen molar-refractivity contribution in [1.29, 1.82) is 0 Å². The largest absolute Gasteiger partial charge is 0.326 e. The van der Waals surface area contributed by atoms with Crippen LogP contribution in [-0.4, -0.2) is 30.4 Å². The van der Waals surface area contributed by atoms with E-state index in [2.05, 4.69) is 25.6 Å². The number of nitrogens with zero attached hydrogens (tertiary/aromatic N) is 1. The van der Waals surface area contributed by atoms with Gasteiger partial charge in [-0.05, 0) is 79.1 Å². The van der Waals surface area contributed by atoms with E-state index in [0.717, 1.165) is 16.5 Å². The second-order valence-corrected chi connectivity index (χ2v) is 9.71. The molecule has 0 atom stereocenters. The van der Waals surface area contributed by atoms with Gasteiger partial charge in [0, 0.05) is 34.4 Å². The number of hydrogen-bond donors (Lipinski definition) is 4. The maximum atomic E-state index is 12.9. The monoisotopic (exact) mass is 475 g/mol. The van der Waals surface area contributed by atoms with E-state index in [4.69, 9.17) is 0 Å². The lowest BCUT2D eigenvalue weighted by molar-refractivity contribution is -0.116. The van der Waals surface area contributed by atoms with Crippen LogP contribution in [0.25, 0.3) is 10.9 Å². The van der Waals surface area contributed by atoms with Crippen molar-refractivity contribution < 1.29 is 18.0 Å². The molecule has 172 valence electrons. The zero-order valence-electron chi connectivity index (χ0n) is 18.0. The predicted molar refractivity (Wildman–Crippen MR) is 129 cm³/mol. The number of sulfonamides is 1. The first-order valence-corrected chi connectivity index (χ1v) is 12.2. The molecule has 1 aliphatic rings. The summed E-state index contributed by atoms with van der Waals surface area (Å²) < 4.78 is 28.3. The van der Waals surface area contributed by atoms with Crippen molar-refractivity contribution >= 4 is 49.8 Å². The normalized spacial score (nSPS) is 13.6. The number of benzene rings is 3. The quantitative estimate of drug-likeness (QED) is 0.348. The number of carbonyl (C=O) groups excluding carboxylic acids is 2. The summed E-state index contributed by atoms with van der Waals surface area (Å²) in [6, 6.07) is 16.3. The second kappa shape index (κ2) is 8.64. The highest BCUT2D eigenvalue weighted by atomic mass is 32.2. The van der Waals surface area contributed by atoms with Gasteiger partial charge in [-0.2, -0.15) is 5.10 Å². The average Bonchev–Trinajstić information content (AvgIpc) is 3.19. The standard InChI is InChI=1S/C24H21N5O4S/c30-23-3-1-2-16-12-20(10-11-21(16)27-23)34(32,33)29-18-7-4-15(5-8-18)24(31)26-19-9-6-17-14-25-28-22(17)13-19/h4-14,29H,1-3H2,(H,25,28)(H,26,31)(H,27,30). The fourth-order valence-electron chi connectivity index (χ4n) is 3.84. The van der Waals surface area contributed by atoms with Crippen molar-refractivity contribution in [3.05, 3.63) is 78.0 Å². The van der Waals surface area contributed by atoms with E-state index < -0.39 is 10.0 Å². The van der Waals surface area contributed by atoms with Gasteiger partial charge >= 0.3 is 0 Å². The molecule has 34 heavy (non-hydrogen) atoms. The average molecular weight is 476 g/mol. The molecule has 1 aliphatic heterocycles. The number of hydrogen-bond acceptors (Lipinski definition) is 5. The van der Waals surface area contributed by atoms with Crippen LogP contribution in [0.1, 0.15) is 28.8 Å². The summed E-state index contributed by atoms with van der Waals surface area (Å²) in [4.78, 5) is 24.4. The first-order valence-electron chi connectivity index (χ1n) is 10.7. The molecule has 4 aromatic rings. The highest BCUT2D eigenvalue weighted by molar-refractivity contribution is 7.92. The molecule has 4 N–H and O–H groups in total. The van der Waals surface area contributed by atoms with Crippen molar-refractivity contribution in [2.45, 2.75) is 24.2 Å². The molecule has 3 aromatic carbocycles. The maximum absolute atomic E-state index is 12.9. The topological polar surface area (TPSA) is 133 Å². The summed E-state index contributed by atoms with van der Waals surface area (Å²) in [5.41, 5.74) is 3.57. The Morgan fingerprint density at radius 3 is 2.56 bits per heavy atom. The van der Waals surface area contributed by atoms with Gasteiger partial charge in [-0.25, -0.2) is 8.42 Å². The minimum atomic E-state index is -3.84. The molecule has 0 fully saturated rings. The van der Waals surface area contributed by atoms with E-state index in [1.165, 1.54) is 18.2 Å². The Bertz CT molecular complexity index is 1510. The van der Waals surface area contributed by atoms with E-state index in [9.17, 15) is 18.0 Å². The number of H-pyrrole nitrogens is 1. The van der Waals surface area contributed by atoms with Crippen LogP contribution >= 0.6 is 0 Å². The van der Waals surface area contributed by atoms with Gasteiger partial charge in [-0.1, -0.05) is 0 Å². The molecule has 10 heteroatoms. The number of aromatic amines is 1. The smallest absolute Gasteiger partial charge is 0.261 e. The highest BCUT2D eigenvalue weighted by Crippen LogP contribution is 2.26. The number of rotatable bonds is 5. The third-order valence-corrected chi connectivity index (χ3v) is 6.99. The van der Waals surface area contributed by atoms with E-state index in [0.29, 0.717) is 41.9 Å². The molecule has 0 saturated heterocycles. The molecule has 0 aliphatic carbocycles. The molecule has 0 unspecified atom stereocenters. The van der Waals surface area contributed by atoms with Gasteiger partial charge in [0.1, 0.15) is 0 Å². The van der Waals surface area contributed by atoms with Crippen LogP contribution in [-0.2, 0) is 21.2 Å². The molecule has 0 bridgehead atoms. The Morgan fingerprint density at radius 1 is 0.941 bits per heavy atom. The SMILES string of the molecule is O=C1CCCc2cc(S(=O)(=O)Nc3ccc(C(=O)Nc4ccc5cn[nH]c5c4)cc3)ccc2N1. The predicted octanol–water partition coefficient (Wildman–Crippen LogP) is 3.89. The first kappa shape index (κ1) is 21.7. The van der Waals surface area contributed by atoms with Gasteiger partial charge in [0.15, 0.2) is 0 Å². The third-order valence-electron chi connectivity index (χ3n) is 5.61. The number of nitrogens with one attached hydrogen (secondary N) is 4. The molecule has 2 heterocycles. The number of aryl methyl sites for hydroxylation is 1. The van der Waals surface area contributed by atoms with Crippen LogP contribution in [0.4, 0.5) is 17.1 Å². The molecule has 0 radical (unpaired) electrons. The van der Waals surface area contributed by atoms with Crippen molar-refractivity contribution in [3.8, 4) is 0 Å². The Kier molecular flexibility index (Phi) is 5.50. The molecule has 5 rings (SSSR count). The lowest BCUT2D eigenvalue weighted by atomic mass is 10.1. The highest BCUT2D eigenvalue weighted by Gasteiger charge is 2.19. The van der Waals surface area contributed by atoms with Crippen LogP contribution in [0.15, 0.2) is 71.8 Å². The summed E-state index contributed by atoms with van der Waals surface area (Å²) in [7, 11) is -3.84. The van der Waals surface area contributed by atoms with Crippen molar-refractivity contribution in [2.24, 2.45) is 0 Å². The number of anilines is 3. The molecule has 9 nitrogen and oxygen atoms in total. The van der Waals surface area contributed by atoms with Crippen LogP contribution in [0.3, 0.4) is 0 Å². The van der Waals surface area contributed by atoms with E-state index >= 15 is 0 Å². The minimum absolute atomic E-state index is 0.0709. The minimum Gasteiger partial charge on any atom is -0.326 e. The first-order chi connectivity index (χ1) is 16.4. The molecule has 0 saturated carbocycles. The number of amides is 2. The zero-order chi connectivity index (χ0) is 23.7. The summed E-state index contributed by atoms with van der Waals surface area (Å²) in [6.45, 7) is 0. The summed E-state index contributed by atoms with van der Waals surface area (Å²) in [6.07, 6.45) is 3.39. The number of aromatic nitrogens is 2. The molecule has 1 aromatic heterocycles. The number of fused-ring (bicyclic) bond motifs is 2. The molecular weight excluding hydrogens is 454 g/mol. The fourth-order valence-corrected chi connectivity index (χ4v) is 4.95. The second-order valence-electron chi connectivity index (χ2n) is 8.03. The van der Waals surface area contributed by atoms with Gasteiger partial charge < -0.3 is 10.6 Å². The van der Waals surface area contributed by atoms with E-state index in [1.807, 2.05) is 6.07 Å². The Balaban J connectivity index is 1.29. The summed E-state index contributed by atoms with van der Waals surface area (Å²) in [5.74, 6) is -0.389. The maximum Gasteiger partial charge on any atom is 0.261 e. The van der Waals surface area contributed by atoms with Crippen molar-refractivity contribution in [2.75, 3.05) is 15.4 Å². The van der Waals surface area contributed by atoms with Crippen LogP contribution in [0.5, 0.6) is 0 Å². The van der Waals surface area contributed by atoms with Gasteiger partial charge in [0.25, 0.3) is 15.9 Å². The lowest BCUT2D eigenvalue weighted by Crippen LogP contribution is -2.15. The fraction of sp³-hybridized carbons (Fsp3) is 0.125. The van der Waals surface area contributed by atoms with E-state index in [1.54, 1.807) is 42.6 Å². The zero-order valence-corrected chi connectivity index (χ0v) is 18.8. The Hall–Kier alpha value is -4.18. The number of carbonyl (C=O) groups is 2. The molecular formula is C24H21N5O4S. The van der Waals surface area contributed by atoms with Crippen LogP contribution < -0.4 is 15.4 Å². The van der Waals surface area contributed by atoms with Crippen LogP contribution in [0.2, 0.25) is 0 Å². The summed E-state index contributed by atoms with van der Waals surface area (Å²) in [5, 5.41) is 13.4. The van der Waals surface area contributed by atoms with Gasteiger partial charge in [0.2, 0.25) is 5.91 Å². The Morgan fingerprint density at radius 2 is 1.74 bits per heavy atom. The van der Waals surface area contributed by atoms with Crippen molar-refractivity contribution in [3.63, 3.8) is 0 Å². The lowest BCUT2D eigenvalue weighted by Gasteiger charge is -2.12. The Labute approximate surface area is 195 Å². The van der Waals surface area contributed by atoms with Gasteiger partial charge in [0.05, 0.1) is 16.6 Å². The van der Waals surface area contributed by atoms with Gasteiger partial charge in [-0.3, -0.25) is 19.4 Å². The third kappa shape index (κ3) is 4.48. The van der Waals surface area contributed by atoms with Crippen LogP contribution in [0, 0.1) is 0 Å².